The summed E-state index contributed by atoms with van der Waals surface area (Å²) >= 11 is 7.86. The molecule has 0 radical (unpaired) electrons. The van der Waals surface area contributed by atoms with Crippen LogP contribution in [0.5, 0.6) is 0 Å². The van der Waals surface area contributed by atoms with Crippen molar-refractivity contribution >= 4 is 29.6 Å². The van der Waals surface area contributed by atoms with Gasteiger partial charge in [-0.05, 0) is 19.1 Å². The number of aromatic nitrogens is 2. The van der Waals surface area contributed by atoms with Crippen molar-refractivity contribution in [2.75, 3.05) is 0 Å². The molecule has 0 fully saturated rings. The van der Waals surface area contributed by atoms with E-state index in [2.05, 4.69) is 5.10 Å². The van der Waals surface area contributed by atoms with Crippen LogP contribution in [0.15, 0.2) is 29.2 Å². The summed E-state index contributed by atoms with van der Waals surface area (Å²) in [6.45, 7) is 1.90. The van der Waals surface area contributed by atoms with E-state index in [9.17, 15) is 4.79 Å². The van der Waals surface area contributed by atoms with Gasteiger partial charge in [-0.3, -0.25) is 9.48 Å². The Bertz CT molecular complexity index is 563. The van der Waals surface area contributed by atoms with Crippen LogP contribution in [0.1, 0.15) is 21.7 Å². The van der Waals surface area contributed by atoms with Gasteiger partial charge in [0.1, 0.15) is 6.29 Å². The topological polar surface area (TPSA) is 34.9 Å². The standard InChI is InChI=1S/C13H13ClN2OS/c1-9-13(14)12(16(2)15-9)8-18-11-5-3-10(7-17)4-6-11/h3-7H,8H2,1-2H3. The third kappa shape index (κ3) is 2.76. The average molecular weight is 281 g/mol. The quantitative estimate of drug-likeness (QED) is 0.635. The van der Waals surface area contributed by atoms with Crippen molar-refractivity contribution in [2.24, 2.45) is 7.05 Å². The lowest BCUT2D eigenvalue weighted by molar-refractivity contribution is 0.112. The molecule has 3 nitrogen and oxygen atoms in total. The largest absolute Gasteiger partial charge is 0.298 e. The molecule has 1 aromatic carbocycles. The van der Waals surface area contributed by atoms with Gasteiger partial charge in [0, 0.05) is 23.3 Å². The Hall–Kier alpha value is -1.26. The summed E-state index contributed by atoms with van der Waals surface area (Å²) in [5.41, 5.74) is 2.55. The molecule has 94 valence electrons. The van der Waals surface area contributed by atoms with Crippen LogP contribution in [-0.2, 0) is 12.8 Å². The van der Waals surface area contributed by atoms with Crippen LogP contribution in [0.3, 0.4) is 0 Å². The van der Waals surface area contributed by atoms with Gasteiger partial charge in [-0.1, -0.05) is 23.7 Å². The van der Waals surface area contributed by atoms with Crippen LogP contribution >= 0.6 is 23.4 Å². The van der Waals surface area contributed by atoms with Crippen molar-refractivity contribution in [1.82, 2.24) is 9.78 Å². The highest BCUT2D eigenvalue weighted by atomic mass is 35.5. The normalized spacial score (nSPS) is 10.6. The first-order valence-corrected chi connectivity index (χ1v) is 6.84. The number of hydrogen-bond acceptors (Lipinski definition) is 3. The lowest BCUT2D eigenvalue weighted by Gasteiger charge is -2.03. The molecule has 0 N–H and O–H groups in total. The molecule has 0 spiro atoms. The SMILES string of the molecule is Cc1nn(C)c(CSc2ccc(C=O)cc2)c1Cl. The molecule has 1 aromatic heterocycles. The summed E-state index contributed by atoms with van der Waals surface area (Å²) in [6.07, 6.45) is 0.843. The molecular weight excluding hydrogens is 268 g/mol. The van der Waals surface area contributed by atoms with Crippen LogP contribution in [-0.4, -0.2) is 16.1 Å². The number of aldehydes is 1. The Balaban J connectivity index is 2.08. The van der Waals surface area contributed by atoms with Gasteiger partial charge in [-0.25, -0.2) is 0 Å². The molecule has 0 aliphatic rings. The molecule has 18 heavy (non-hydrogen) atoms. The van der Waals surface area contributed by atoms with Crippen LogP contribution in [0.4, 0.5) is 0 Å². The molecule has 0 aliphatic carbocycles. The van der Waals surface area contributed by atoms with E-state index < -0.39 is 0 Å². The molecular formula is C13H13ClN2OS. The zero-order chi connectivity index (χ0) is 13.1. The van der Waals surface area contributed by atoms with Crippen molar-refractivity contribution in [3.05, 3.63) is 46.2 Å². The number of benzene rings is 1. The van der Waals surface area contributed by atoms with E-state index in [1.54, 1.807) is 11.8 Å². The monoisotopic (exact) mass is 280 g/mol. The van der Waals surface area contributed by atoms with Gasteiger partial charge in [0.15, 0.2) is 0 Å². The predicted molar refractivity (Wildman–Crippen MR) is 74.3 cm³/mol. The van der Waals surface area contributed by atoms with Crippen LogP contribution in [0, 0.1) is 6.92 Å². The van der Waals surface area contributed by atoms with Gasteiger partial charge in [0.2, 0.25) is 0 Å². The Morgan fingerprint density at radius 3 is 2.56 bits per heavy atom. The second-order valence-electron chi connectivity index (χ2n) is 3.95. The minimum absolute atomic E-state index is 0.689. The summed E-state index contributed by atoms with van der Waals surface area (Å²) in [5, 5.41) is 5.01. The fourth-order valence-electron chi connectivity index (χ4n) is 1.63. The minimum atomic E-state index is 0.689. The third-order valence-corrected chi connectivity index (χ3v) is 4.17. The van der Waals surface area contributed by atoms with Crippen molar-refractivity contribution in [3.8, 4) is 0 Å². The fraction of sp³-hybridized carbons (Fsp3) is 0.231. The van der Waals surface area contributed by atoms with E-state index in [1.165, 1.54) is 0 Å². The molecule has 0 amide bonds. The number of rotatable bonds is 4. The van der Waals surface area contributed by atoms with Crippen molar-refractivity contribution < 1.29 is 4.79 Å². The highest BCUT2D eigenvalue weighted by Crippen LogP contribution is 2.28. The summed E-state index contributed by atoms with van der Waals surface area (Å²) in [7, 11) is 1.89. The molecule has 1 heterocycles. The van der Waals surface area contributed by atoms with E-state index in [1.807, 2.05) is 42.9 Å². The van der Waals surface area contributed by atoms with Crippen LogP contribution in [0.25, 0.3) is 0 Å². The molecule has 0 unspecified atom stereocenters. The van der Waals surface area contributed by atoms with Crippen LogP contribution in [0.2, 0.25) is 5.02 Å². The molecule has 2 aromatic rings. The van der Waals surface area contributed by atoms with Crippen LogP contribution < -0.4 is 0 Å². The average Bonchev–Trinajstić information content (AvgIpc) is 2.62. The molecule has 2 rings (SSSR count). The maximum atomic E-state index is 10.6. The number of hydrogen-bond donors (Lipinski definition) is 0. The van der Waals surface area contributed by atoms with E-state index in [0.717, 1.165) is 33.3 Å². The van der Waals surface area contributed by atoms with Gasteiger partial charge < -0.3 is 0 Å². The molecule has 0 bridgehead atoms. The lowest BCUT2D eigenvalue weighted by Crippen LogP contribution is -1.96. The number of halogens is 1. The first-order valence-electron chi connectivity index (χ1n) is 5.48. The van der Waals surface area contributed by atoms with E-state index >= 15 is 0 Å². The predicted octanol–water partition coefficient (Wildman–Crippen LogP) is 3.49. The fourth-order valence-corrected chi connectivity index (χ4v) is 2.90. The number of carbonyl (C=O) groups is 1. The van der Waals surface area contributed by atoms with Gasteiger partial charge in [-0.15, -0.1) is 11.8 Å². The van der Waals surface area contributed by atoms with E-state index in [0.29, 0.717) is 5.56 Å². The van der Waals surface area contributed by atoms with Gasteiger partial charge in [-0.2, -0.15) is 5.10 Å². The Kier molecular flexibility index (Phi) is 4.09. The highest BCUT2D eigenvalue weighted by molar-refractivity contribution is 7.98. The number of thioether (sulfide) groups is 1. The Morgan fingerprint density at radius 1 is 1.39 bits per heavy atom. The number of nitrogens with zero attached hydrogens (tertiary/aromatic N) is 2. The number of carbonyl (C=O) groups excluding carboxylic acids is 1. The van der Waals surface area contributed by atoms with Gasteiger partial charge in [0.05, 0.1) is 16.4 Å². The van der Waals surface area contributed by atoms with E-state index in [-0.39, 0.29) is 0 Å². The second-order valence-corrected chi connectivity index (χ2v) is 5.37. The zero-order valence-corrected chi connectivity index (χ0v) is 11.8. The maximum Gasteiger partial charge on any atom is 0.150 e. The molecule has 0 aliphatic heterocycles. The van der Waals surface area contributed by atoms with E-state index in [4.69, 9.17) is 11.6 Å². The molecule has 0 atom stereocenters. The van der Waals surface area contributed by atoms with Gasteiger partial charge >= 0.3 is 0 Å². The Morgan fingerprint density at radius 2 is 2.06 bits per heavy atom. The van der Waals surface area contributed by atoms with Crippen molar-refractivity contribution in [2.45, 2.75) is 17.6 Å². The van der Waals surface area contributed by atoms with Crippen molar-refractivity contribution in [3.63, 3.8) is 0 Å². The van der Waals surface area contributed by atoms with Crippen molar-refractivity contribution in [1.29, 1.82) is 0 Å². The Labute approximate surface area is 115 Å². The smallest absolute Gasteiger partial charge is 0.150 e. The summed E-state index contributed by atoms with van der Waals surface area (Å²) in [6, 6.07) is 7.49. The molecule has 5 heteroatoms. The number of aryl methyl sites for hydroxylation is 2. The first-order chi connectivity index (χ1) is 8.61. The molecule has 0 saturated heterocycles. The summed E-state index contributed by atoms with van der Waals surface area (Å²) in [5.74, 6) is 0.761. The zero-order valence-electron chi connectivity index (χ0n) is 10.2. The third-order valence-electron chi connectivity index (χ3n) is 2.65. The van der Waals surface area contributed by atoms with Gasteiger partial charge in [0.25, 0.3) is 0 Å². The first kappa shape index (κ1) is 13.2. The molecule has 0 saturated carbocycles. The maximum absolute atomic E-state index is 10.6. The highest BCUT2D eigenvalue weighted by Gasteiger charge is 2.10. The minimum Gasteiger partial charge on any atom is -0.298 e. The lowest BCUT2D eigenvalue weighted by atomic mass is 10.2. The summed E-state index contributed by atoms with van der Waals surface area (Å²) < 4.78 is 1.81. The summed E-state index contributed by atoms with van der Waals surface area (Å²) in [4.78, 5) is 11.7. The second kappa shape index (κ2) is 5.59.